The molecule has 104 valence electrons. The third-order valence-corrected chi connectivity index (χ3v) is 2.87. The summed E-state index contributed by atoms with van der Waals surface area (Å²) in [5.41, 5.74) is -0.154. The van der Waals surface area contributed by atoms with Crippen molar-refractivity contribution in [1.82, 2.24) is 0 Å². The smallest absolute Gasteiger partial charge is 0.339 e. The van der Waals surface area contributed by atoms with E-state index in [1.54, 1.807) is 0 Å². The third kappa shape index (κ3) is 4.87. The van der Waals surface area contributed by atoms with E-state index in [0.717, 1.165) is 18.9 Å². The first-order valence-electron chi connectivity index (χ1n) is 6.03. The minimum atomic E-state index is -0.627. The van der Waals surface area contributed by atoms with Crippen molar-refractivity contribution in [2.75, 3.05) is 6.61 Å². The highest BCUT2D eigenvalue weighted by atomic mass is 35.5. The van der Waals surface area contributed by atoms with Crippen LogP contribution in [0.25, 0.3) is 0 Å². The maximum Gasteiger partial charge on any atom is 0.339 e. The number of non-ortho nitro benzene ring substituents is 1. The molecule has 5 nitrogen and oxygen atoms in total. The molecule has 0 aromatic heterocycles. The summed E-state index contributed by atoms with van der Waals surface area (Å²) < 4.78 is 5.05. The van der Waals surface area contributed by atoms with E-state index >= 15 is 0 Å². The van der Waals surface area contributed by atoms with Gasteiger partial charge in [-0.3, -0.25) is 10.1 Å². The Kier molecular flexibility index (Phi) is 5.76. The number of carbonyl (C=O) groups excluding carboxylic acids is 1. The summed E-state index contributed by atoms with van der Waals surface area (Å²) in [5.74, 6) is -0.0856. The Morgan fingerprint density at radius 1 is 1.47 bits per heavy atom. The van der Waals surface area contributed by atoms with E-state index in [9.17, 15) is 14.9 Å². The zero-order valence-electron chi connectivity index (χ0n) is 10.9. The van der Waals surface area contributed by atoms with Gasteiger partial charge < -0.3 is 4.74 Å². The van der Waals surface area contributed by atoms with E-state index in [1.165, 1.54) is 12.1 Å². The number of ether oxygens (including phenoxy) is 1. The Morgan fingerprint density at radius 3 is 2.74 bits per heavy atom. The lowest BCUT2D eigenvalue weighted by atomic mass is 10.1. The molecule has 6 heteroatoms. The lowest BCUT2D eigenvalue weighted by Gasteiger charge is -2.07. The molecule has 0 aliphatic heterocycles. The van der Waals surface area contributed by atoms with Crippen molar-refractivity contribution in [1.29, 1.82) is 0 Å². The lowest BCUT2D eigenvalue weighted by Crippen LogP contribution is -2.08. The molecular formula is C13H16ClNO4. The number of rotatable bonds is 6. The Balaban J connectivity index is 2.66. The predicted molar refractivity (Wildman–Crippen MR) is 72.5 cm³/mol. The molecule has 1 aromatic rings. The fraction of sp³-hybridized carbons (Fsp3) is 0.462. The average molecular weight is 286 g/mol. The van der Waals surface area contributed by atoms with Gasteiger partial charge in [-0.2, -0.15) is 0 Å². The number of nitro benzene ring substituents is 1. The van der Waals surface area contributed by atoms with Crippen molar-refractivity contribution in [3.63, 3.8) is 0 Å². The Bertz CT molecular complexity index is 474. The molecule has 0 amide bonds. The fourth-order valence-electron chi connectivity index (χ4n) is 1.52. The van der Waals surface area contributed by atoms with Crippen LogP contribution in [0.15, 0.2) is 18.2 Å². The highest BCUT2D eigenvalue weighted by Crippen LogP contribution is 2.22. The molecule has 0 N–H and O–H groups in total. The molecule has 0 unspecified atom stereocenters. The van der Waals surface area contributed by atoms with Gasteiger partial charge >= 0.3 is 5.97 Å². The molecule has 1 rings (SSSR count). The van der Waals surface area contributed by atoms with Crippen molar-refractivity contribution < 1.29 is 14.5 Å². The number of hydrogen-bond donors (Lipinski definition) is 0. The molecule has 0 atom stereocenters. The van der Waals surface area contributed by atoms with Crippen LogP contribution in [0.5, 0.6) is 0 Å². The zero-order chi connectivity index (χ0) is 14.4. The molecule has 0 heterocycles. The zero-order valence-corrected chi connectivity index (χ0v) is 11.6. The van der Waals surface area contributed by atoms with Crippen LogP contribution >= 0.6 is 11.6 Å². The molecule has 0 saturated carbocycles. The Hall–Kier alpha value is -1.62. The van der Waals surface area contributed by atoms with E-state index in [0.29, 0.717) is 5.92 Å². The number of hydrogen-bond acceptors (Lipinski definition) is 4. The quantitative estimate of drug-likeness (QED) is 0.344. The van der Waals surface area contributed by atoms with Crippen LogP contribution in [0, 0.1) is 16.0 Å². The molecular weight excluding hydrogens is 270 g/mol. The van der Waals surface area contributed by atoms with Gasteiger partial charge in [-0.25, -0.2) is 4.79 Å². The number of nitrogens with zero attached hydrogens (tertiary/aromatic N) is 1. The van der Waals surface area contributed by atoms with Gasteiger partial charge in [0.1, 0.15) is 0 Å². The van der Waals surface area contributed by atoms with Crippen LogP contribution in [0.2, 0.25) is 5.02 Å². The number of carbonyl (C=O) groups is 1. The predicted octanol–water partition coefficient (Wildman–Crippen LogP) is 3.84. The van der Waals surface area contributed by atoms with Crippen LogP contribution in [-0.4, -0.2) is 17.5 Å². The molecule has 19 heavy (non-hydrogen) atoms. The fourth-order valence-corrected chi connectivity index (χ4v) is 1.71. The Morgan fingerprint density at radius 2 is 2.16 bits per heavy atom. The van der Waals surface area contributed by atoms with E-state index in [-0.39, 0.29) is 22.9 Å². The van der Waals surface area contributed by atoms with Crippen LogP contribution in [0.4, 0.5) is 5.69 Å². The van der Waals surface area contributed by atoms with Gasteiger partial charge in [0.2, 0.25) is 0 Å². The first kappa shape index (κ1) is 15.4. The summed E-state index contributed by atoms with van der Waals surface area (Å²) in [6, 6.07) is 3.70. The van der Waals surface area contributed by atoms with Gasteiger partial charge in [0, 0.05) is 12.1 Å². The van der Waals surface area contributed by atoms with E-state index in [2.05, 4.69) is 13.8 Å². The molecule has 0 aliphatic carbocycles. The number of esters is 1. The molecule has 0 bridgehead atoms. The molecule has 0 fully saturated rings. The van der Waals surface area contributed by atoms with Gasteiger partial charge in [0.25, 0.3) is 5.69 Å². The maximum atomic E-state index is 11.8. The maximum absolute atomic E-state index is 11.8. The average Bonchev–Trinajstić information content (AvgIpc) is 2.34. The van der Waals surface area contributed by atoms with Crippen molar-refractivity contribution in [3.05, 3.63) is 38.9 Å². The molecule has 0 spiro atoms. The standard InChI is InChI=1S/C13H16ClNO4/c1-9(2)4-3-7-19-13(16)11-8-10(15(17)18)5-6-12(11)14/h5-6,8-9H,3-4,7H2,1-2H3. The van der Waals surface area contributed by atoms with Crippen molar-refractivity contribution >= 4 is 23.3 Å². The monoisotopic (exact) mass is 285 g/mol. The summed E-state index contributed by atoms with van der Waals surface area (Å²) in [7, 11) is 0. The van der Waals surface area contributed by atoms with Crippen molar-refractivity contribution in [3.8, 4) is 0 Å². The van der Waals surface area contributed by atoms with Crippen LogP contribution in [-0.2, 0) is 4.74 Å². The van der Waals surface area contributed by atoms with Crippen molar-refractivity contribution in [2.45, 2.75) is 26.7 Å². The largest absolute Gasteiger partial charge is 0.462 e. The van der Waals surface area contributed by atoms with E-state index in [4.69, 9.17) is 16.3 Å². The normalized spacial score (nSPS) is 10.5. The topological polar surface area (TPSA) is 69.4 Å². The SMILES string of the molecule is CC(C)CCCOC(=O)c1cc([N+](=O)[O-])ccc1Cl. The highest BCUT2D eigenvalue weighted by Gasteiger charge is 2.16. The first-order chi connectivity index (χ1) is 8.91. The summed E-state index contributed by atoms with van der Waals surface area (Å²) in [5, 5.41) is 10.8. The van der Waals surface area contributed by atoms with Gasteiger partial charge in [0.15, 0.2) is 0 Å². The number of benzene rings is 1. The van der Waals surface area contributed by atoms with Gasteiger partial charge in [-0.1, -0.05) is 25.4 Å². The van der Waals surface area contributed by atoms with Crippen LogP contribution in [0.3, 0.4) is 0 Å². The van der Waals surface area contributed by atoms with E-state index in [1.807, 2.05) is 0 Å². The second kappa shape index (κ2) is 7.09. The minimum absolute atomic E-state index is 0.0282. The van der Waals surface area contributed by atoms with Gasteiger partial charge in [0.05, 0.1) is 22.1 Å². The van der Waals surface area contributed by atoms with Gasteiger partial charge in [-0.15, -0.1) is 0 Å². The summed E-state index contributed by atoms with van der Waals surface area (Å²) >= 11 is 5.84. The molecule has 0 radical (unpaired) electrons. The van der Waals surface area contributed by atoms with Gasteiger partial charge in [-0.05, 0) is 24.8 Å². The van der Waals surface area contributed by atoms with Crippen molar-refractivity contribution in [2.24, 2.45) is 5.92 Å². The van der Waals surface area contributed by atoms with Crippen LogP contribution < -0.4 is 0 Å². The number of nitro groups is 1. The molecule has 0 aliphatic rings. The first-order valence-corrected chi connectivity index (χ1v) is 6.40. The molecule has 1 aromatic carbocycles. The van der Waals surface area contributed by atoms with Crippen LogP contribution in [0.1, 0.15) is 37.0 Å². The Labute approximate surface area is 116 Å². The summed E-state index contributed by atoms with van der Waals surface area (Å²) in [6.45, 7) is 4.45. The second-order valence-electron chi connectivity index (χ2n) is 4.59. The highest BCUT2D eigenvalue weighted by molar-refractivity contribution is 6.33. The summed E-state index contributed by atoms with van der Waals surface area (Å²) in [6.07, 6.45) is 1.71. The molecule has 0 saturated heterocycles. The number of halogens is 1. The third-order valence-electron chi connectivity index (χ3n) is 2.54. The lowest BCUT2D eigenvalue weighted by molar-refractivity contribution is -0.384. The summed E-state index contributed by atoms with van der Waals surface area (Å²) in [4.78, 5) is 21.8. The second-order valence-corrected chi connectivity index (χ2v) is 5.00. The van der Waals surface area contributed by atoms with E-state index < -0.39 is 10.9 Å². The minimum Gasteiger partial charge on any atom is -0.462 e.